The van der Waals surface area contributed by atoms with Gasteiger partial charge in [0.05, 0.1) is 6.54 Å². The zero-order valence-electron chi connectivity index (χ0n) is 15.6. The van der Waals surface area contributed by atoms with Gasteiger partial charge in [0, 0.05) is 38.3 Å². The molecular formula is C20H31ClFN3O. The average molecular weight is 384 g/mol. The Bertz CT molecular complexity index is 563. The number of halogens is 2. The minimum atomic E-state index is -0.228. The molecule has 3 rings (SSSR count). The molecule has 1 heterocycles. The summed E-state index contributed by atoms with van der Waals surface area (Å²) < 4.78 is 13.2. The Balaban J connectivity index is 0.00000243. The highest BCUT2D eigenvalue weighted by Gasteiger charge is 2.28. The minimum absolute atomic E-state index is 0. The smallest absolute Gasteiger partial charge is 0.237 e. The molecule has 1 aromatic carbocycles. The number of benzene rings is 1. The molecular weight excluding hydrogens is 353 g/mol. The normalized spacial score (nSPS) is 21.8. The van der Waals surface area contributed by atoms with E-state index in [4.69, 9.17) is 0 Å². The molecule has 26 heavy (non-hydrogen) atoms. The van der Waals surface area contributed by atoms with Gasteiger partial charge in [0.2, 0.25) is 5.91 Å². The van der Waals surface area contributed by atoms with Gasteiger partial charge in [0.1, 0.15) is 5.82 Å². The molecule has 2 aliphatic rings. The Morgan fingerprint density at radius 2 is 1.92 bits per heavy atom. The zero-order chi connectivity index (χ0) is 17.6. The van der Waals surface area contributed by atoms with Crippen molar-refractivity contribution in [1.82, 2.24) is 15.1 Å². The van der Waals surface area contributed by atoms with E-state index in [0.29, 0.717) is 25.2 Å². The number of nitrogens with zero attached hydrogens (tertiary/aromatic N) is 2. The summed E-state index contributed by atoms with van der Waals surface area (Å²) in [6.07, 6.45) is 5.84. The van der Waals surface area contributed by atoms with Crippen LogP contribution < -0.4 is 5.32 Å². The first-order valence-corrected chi connectivity index (χ1v) is 9.62. The largest absolute Gasteiger partial charge is 0.334 e. The van der Waals surface area contributed by atoms with Gasteiger partial charge in [-0.2, -0.15) is 0 Å². The second-order valence-electron chi connectivity index (χ2n) is 7.46. The molecule has 4 nitrogen and oxygen atoms in total. The first-order valence-electron chi connectivity index (χ1n) is 9.62. The van der Waals surface area contributed by atoms with Crippen LogP contribution in [0.4, 0.5) is 4.39 Å². The van der Waals surface area contributed by atoms with Gasteiger partial charge in [-0.15, -0.1) is 12.4 Å². The standard InChI is InChI=1S/C20H30FN3O.ClH/c1-16-13-22-11-12-23(16)15-20(25)24(19-5-3-2-4-6-19)14-17-7-9-18(21)10-8-17;/h7-10,16,19,22H,2-6,11-15H2,1H3;1H/t16-;/m1./s1. The summed E-state index contributed by atoms with van der Waals surface area (Å²) in [5.74, 6) is -0.0149. The van der Waals surface area contributed by atoms with E-state index >= 15 is 0 Å². The molecule has 0 radical (unpaired) electrons. The van der Waals surface area contributed by atoms with Crippen LogP contribution in [0.2, 0.25) is 0 Å². The van der Waals surface area contributed by atoms with E-state index in [-0.39, 0.29) is 24.1 Å². The third-order valence-corrected chi connectivity index (χ3v) is 5.58. The molecule has 146 valence electrons. The number of nitrogens with one attached hydrogen (secondary N) is 1. The topological polar surface area (TPSA) is 35.6 Å². The average Bonchev–Trinajstić information content (AvgIpc) is 2.64. The van der Waals surface area contributed by atoms with Gasteiger partial charge in [0.15, 0.2) is 0 Å². The molecule has 1 atom stereocenters. The second kappa shape index (κ2) is 10.2. The van der Waals surface area contributed by atoms with E-state index < -0.39 is 0 Å². The van der Waals surface area contributed by atoms with Crippen LogP contribution in [0.1, 0.15) is 44.6 Å². The second-order valence-corrected chi connectivity index (χ2v) is 7.46. The molecule has 0 spiro atoms. The first-order chi connectivity index (χ1) is 12.1. The third kappa shape index (κ3) is 5.66. The molecule has 0 bridgehead atoms. The third-order valence-electron chi connectivity index (χ3n) is 5.58. The summed E-state index contributed by atoms with van der Waals surface area (Å²) in [6.45, 7) is 6.05. The maximum Gasteiger partial charge on any atom is 0.237 e. The summed E-state index contributed by atoms with van der Waals surface area (Å²) in [5.41, 5.74) is 1.01. The minimum Gasteiger partial charge on any atom is -0.334 e. The summed E-state index contributed by atoms with van der Waals surface area (Å²) in [6, 6.07) is 7.27. The fraction of sp³-hybridized carbons (Fsp3) is 0.650. The highest BCUT2D eigenvalue weighted by Crippen LogP contribution is 2.24. The first kappa shape index (κ1) is 21.1. The number of hydrogen-bond acceptors (Lipinski definition) is 3. The van der Waals surface area contributed by atoms with Gasteiger partial charge in [-0.1, -0.05) is 31.4 Å². The van der Waals surface area contributed by atoms with Crippen LogP contribution in [-0.4, -0.2) is 54.0 Å². The van der Waals surface area contributed by atoms with Crippen molar-refractivity contribution in [3.8, 4) is 0 Å². The number of hydrogen-bond donors (Lipinski definition) is 1. The summed E-state index contributed by atoms with van der Waals surface area (Å²) in [4.78, 5) is 17.5. The fourth-order valence-corrected chi connectivity index (χ4v) is 3.98. The van der Waals surface area contributed by atoms with E-state index in [2.05, 4.69) is 22.0 Å². The number of piperazine rings is 1. The van der Waals surface area contributed by atoms with E-state index in [1.54, 1.807) is 12.1 Å². The van der Waals surface area contributed by atoms with Crippen LogP contribution in [0.25, 0.3) is 0 Å². The van der Waals surface area contributed by atoms with Crippen molar-refractivity contribution in [2.75, 3.05) is 26.2 Å². The summed E-state index contributed by atoms with van der Waals surface area (Å²) in [5, 5.41) is 3.37. The van der Waals surface area contributed by atoms with Gasteiger partial charge in [0.25, 0.3) is 0 Å². The Kier molecular flexibility index (Phi) is 8.32. The van der Waals surface area contributed by atoms with Crippen molar-refractivity contribution in [1.29, 1.82) is 0 Å². The molecule has 1 aliphatic carbocycles. The highest BCUT2D eigenvalue weighted by molar-refractivity contribution is 5.85. The van der Waals surface area contributed by atoms with Crippen molar-refractivity contribution >= 4 is 18.3 Å². The molecule has 2 fully saturated rings. The highest BCUT2D eigenvalue weighted by atomic mass is 35.5. The maximum absolute atomic E-state index is 13.2. The molecule has 0 unspecified atom stereocenters. The number of carbonyl (C=O) groups excluding carboxylic acids is 1. The van der Waals surface area contributed by atoms with E-state index in [1.165, 1.54) is 31.4 Å². The summed E-state index contributed by atoms with van der Waals surface area (Å²) >= 11 is 0. The van der Waals surface area contributed by atoms with Crippen molar-refractivity contribution in [3.05, 3.63) is 35.6 Å². The van der Waals surface area contributed by atoms with Crippen molar-refractivity contribution in [2.45, 2.75) is 57.7 Å². The number of rotatable bonds is 5. The monoisotopic (exact) mass is 383 g/mol. The van der Waals surface area contributed by atoms with Gasteiger partial charge in [-0.25, -0.2) is 4.39 Å². The predicted molar refractivity (Wildman–Crippen MR) is 105 cm³/mol. The van der Waals surface area contributed by atoms with Gasteiger partial charge in [-0.3, -0.25) is 9.69 Å². The van der Waals surface area contributed by atoms with E-state index in [0.717, 1.165) is 38.0 Å². The summed E-state index contributed by atoms with van der Waals surface area (Å²) in [7, 11) is 0. The van der Waals surface area contributed by atoms with Crippen LogP contribution >= 0.6 is 12.4 Å². The molecule has 1 saturated carbocycles. The lowest BCUT2D eigenvalue weighted by Gasteiger charge is -2.38. The van der Waals surface area contributed by atoms with E-state index in [1.807, 2.05) is 0 Å². The fourth-order valence-electron chi connectivity index (χ4n) is 3.98. The van der Waals surface area contributed by atoms with Crippen LogP contribution in [0.15, 0.2) is 24.3 Å². The molecule has 1 aliphatic heterocycles. The van der Waals surface area contributed by atoms with Crippen molar-refractivity contribution in [2.24, 2.45) is 0 Å². The molecule has 1 aromatic rings. The SMILES string of the molecule is C[C@@H]1CNCCN1CC(=O)N(Cc1ccc(F)cc1)C1CCCCC1.Cl. The lowest BCUT2D eigenvalue weighted by atomic mass is 9.93. The quantitative estimate of drug-likeness (QED) is 0.848. The van der Waals surface area contributed by atoms with Crippen LogP contribution in [0.5, 0.6) is 0 Å². The van der Waals surface area contributed by atoms with Crippen LogP contribution in [0, 0.1) is 5.82 Å². The molecule has 1 N–H and O–H groups in total. The lowest BCUT2D eigenvalue weighted by molar-refractivity contribution is -0.137. The van der Waals surface area contributed by atoms with Gasteiger partial charge >= 0.3 is 0 Å². The maximum atomic E-state index is 13.2. The molecule has 0 aromatic heterocycles. The molecule has 6 heteroatoms. The molecule has 1 saturated heterocycles. The van der Waals surface area contributed by atoms with E-state index in [9.17, 15) is 9.18 Å². The Morgan fingerprint density at radius 3 is 2.58 bits per heavy atom. The zero-order valence-corrected chi connectivity index (χ0v) is 16.4. The Morgan fingerprint density at radius 1 is 1.23 bits per heavy atom. The van der Waals surface area contributed by atoms with Gasteiger partial charge < -0.3 is 10.2 Å². The Labute approximate surface area is 162 Å². The van der Waals surface area contributed by atoms with Crippen LogP contribution in [0.3, 0.4) is 0 Å². The van der Waals surface area contributed by atoms with Crippen LogP contribution in [-0.2, 0) is 11.3 Å². The number of carbonyl (C=O) groups is 1. The predicted octanol–water partition coefficient (Wildman–Crippen LogP) is 3.20. The lowest BCUT2D eigenvalue weighted by Crippen LogP contribution is -2.54. The number of amides is 1. The molecule has 1 amide bonds. The van der Waals surface area contributed by atoms with Crippen molar-refractivity contribution < 1.29 is 9.18 Å². The van der Waals surface area contributed by atoms with Gasteiger partial charge in [-0.05, 0) is 37.5 Å². The van der Waals surface area contributed by atoms with Crippen molar-refractivity contribution in [3.63, 3.8) is 0 Å². The Hall–Kier alpha value is -1.17.